The van der Waals surface area contributed by atoms with Gasteiger partial charge in [0.15, 0.2) is 0 Å². The maximum absolute atomic E-state index is 4.76. The predicted octanol–water partition coefficient (Wildman–Crippen LogP) is 1.90. The Morgan fingerprint density at radius 2 is 2.05 bits per heavy atom. The quantitative estimate of drug-likeness (QED) is 0.824. The third kappa shape index (κ3) is 4.18. The molecule has 0 unspecified atom stereocenters. The van der Waals surface area contributed by atoms with Crippen molar-refractivity contribution in [3.8, 4) is 0 Å². The molecule has 20 heavy (non-hydrogen) atoms. The number of aryl methyl sites for hydroxylation is 1. The molecule has 1 fully saturated rings. The molecule has 0 aromatic carbocycles. The van der Waals surface area contributed by atoms with Crippen LogP contribution in [-0.2, 0) is 13.0 Å². The Morgan fingerprint density at radius 3 is 2.70 bits per heavy atom. The van der Waals surface area contributed by atoms with Crippen molar-refractivity contribution >= 4 is 5.82 Å². The second-order valence-corrected chi connectivity index (χ2v) is 5.68. The molecule has 2 rings (SSSR count). The molecule has 0 atom stereocenters. The molecule has 0 radical (unpaired) electrons. The number of anilines is 1. The Hall–Kier alpha value is -1.13. The fourth-order valence-corrected chi connectivity index (χ4v) is 2.73. The lowest BCUT2D eigenvalue weighted by molar-refractivity contribution is 0.346. The van der Waals surface area contributed by atoms with Gasteiger partial charge in [-0.2, -0.15) is 0 Å². The molecule has 0 spiro atoms. The number of nitrogens with one attached hydrogen (secondary N) is 1. The largest absolute Gasteiger partial charge is 0.358 e. The van der Waals surface area contributed by atoms with Crippen molar-refractivity contribution in [2.45, 2.75) is 32.7 Å². The van der Waals surface area contributed by atoms with E-state index in [1.807, 2.05) is 7.05 Å². The number of nitrogens with zero attached hydrogens (tertiary/aromatic N) is 3. The molecule has 112 valence electrons. The molecule has 4 heteroatoms. The molecular weight excluding hydrogens is 248 g/mol. The number of hydrogen-bond donors (Lipinski definition) is 1. The van der Waals surface area contributed by atoms with Crippen molar-refractivity contribution < 1.29 is 0 Å². The highest BCUT2D eigenvalue weighted by Gasteiger charge is 2.13. The Morgan fingerprint density at radius 1 is 1.30 bits per heavy atom. The molecule has 0 aliphatic carbocycles. The summed E-state index contributed by atoms with van der Waals surface area (Å²) in [4.78, 5) is 9.60. The summed E-state index contributed by atoms with van der Waals surface area (Å²) >= 11 is 0. The van der Waals surface area contributed by atoms with Crippen molar-refractivity contribution in [2.24, 2.45) is 0 Å². The van der Waals surface area contributed by atoms with E-state index in [2.05, 4.69) is 41.2 Å². The highest BCUT2D eigenvalue weighted by Crippen LogP contribution is 2.15. The summed E-state index contributed by atoms with van der Waals surface area (Å²) in [6.07, 6.45) is 3.71. The SMILES string of the molecule is CCc1cc(CNC)cc(N(C)CCN2CCCC2)n1. The Bertz CT molecular complexity index is 413. The minimum atomic E-state index is 0.905. The van der Waals surface area contributed by atoms with Gasteiger partial charge >= 0.3 is 0 Å². The molecule has 2 heterocycles. The van der Waals surface area contributed by atoms with Crippen LogP contribution in [0.5, 0.6) is 0 Å². The molecule has 1 aromatic heterocycles. The first-order chi connectivity index (χ1) is 9.72. The predicted molar refractivity (Wildman–Crippen MR) is 85.3 cm³/mol. The third-order valence-corrected chi connectivity index (χ3v) is 4.01. The van der Waals surface area contributed by atoms with Crippen molar-refractivity contribution in [1.82, 2.24) is 15.2 Å². The molecule has 1 N–H and O–H groups in total. The van der Waals surface area contributed by atoms with E-state index in [-0.39, 0.29) is 0 Å². The number of aromatic nitrogens is 1. The van der Waals surface area contributed by atoms with E-state index in [1.165, 1.54) is 37.2 Å². The van der Waals surface area contributed by atoms with Crippen molar-refractivity contribution in [2.75, 3.05) is 45.2 Å². The van der Waals surface area contributed by atoms with Gasteiger partial charge in [-0.3, -0.25) is 0 Å². The van der Waals surface area contributed by atoms with E-state index in [9.17, 15) is 0 Å². The van der Waals surface area contributed by atoms with Gasteiger partial charge in [0.1, 0.15) is 5.82 Å². The highest BCUT2D eigenvalue weighted by atomic mass is 15.2. The highest BCUT2D eigenvalue weighted by molar-refractivity contribution is 5.42. The van der Waals surface area contributed by atoms with Crippen molar-refractivity contribution in [1.29, 1.82) is 0 Å². The van der Waals surface area contributed by atoms with E-state index in [0.717, 1.165) is 31.9 Å². The topological polar surface area (TPSA) is 31.4 Å². The van der Waals surface area contributed by atoms with Crippen LogP contribution in [0.4, 0.5) is 5.82 Å². The molecule has 1 saturated heterocycles. The lowest BCUT2D eigenvalue weighted by Gasteiger charge is -2.23. The van der Waals surface area contributed by atoms with Crippen molar-refractivity contribution in [3.63, 3.8) is 0 Å². The second kappa shape index (κ2) is 7.60. The summed E-state index contributed by atoms with van der Waals surface area (Å²) in [5.74, 6) is 1.11. The normalized spacial score (nSPS) is 15.8. The van der Waals surface area contributed by atoms with E-state index < -0.39 is 0 Å². The number of likely N-dealkylation sites (tertiary alicyclic amines) is 1. The fourth-order valence-electron chi connectivity index (χ4n) is 2.73. The van der Waals surface area contributed by atoms with Gasteiger partial charge in [0.05, 0.1) is 0 Å². The molecule has 0 bridgehead atoms. The van der Waals surface area contributed by atoms with Crippen LogP contribution in [0.3, 0.4) is 0 Å². The molecule has 0 saturated carbocycles. The summed E-state index contributed by atoms with van der Waals surface area (Å²) in [6.45, 7) is 7.81. The first kappa shape index (κ1) is 15.3. The lowest BCUT2D eigenvalue weighted by atomic mass is 10.2. The number of hydrogen-bond acceptors (Lipinski definition) is 4. The Labute approximate surface area is 123 Å². The van der Waals surface area contributed by atoms with Crippen LogP contribution in [-0.4, -0.2) is 50.2 Å². The summed E-state index contributed by atoms with van der Waals surface area (Å²) < 4.78 is 0. The lowest BCUT2D eigenvalue weighted by Crippen LogP contribution is -2.32. The van der Waals surface area contributed by atoms with Gasteiger partial charge in [-0.1, -0.05) is 6.92 Å². The molecule has 1 aliphatic rings. The summed E-state index contributed by atoms with van der Waals surface area (Å²) in [6, 6.07) is 4.41. The van der Waals surface area contributed by atoms with Crippen molar-refractivity contribution in [3.05, 3.63) is 23.4 Å². The molecule has 1 aromatic rings. The minimum Gasteiger partial charge on any atom is -0.358 e. The minimum absolute atomic E-state index is 0.905. The maximum Gasteiger partial charge on any atom is 0.128 e. The molecule has 4 nitrogen and oxygen atoms in total. The van der Waals surface area contributed by atoms with Crippen LogP contribution in [0.25, 0.3) is 0 Å². The van der Waals surface area contributed by atoms with Crippen LogP contribution in [0.1, 0.15) is 31.0 Å². The summed E-state index contributed by atoms with van der Waals surface area (Å²) in [7, 11) is 4.14. The zero-order valence-electron chi connectivity index (χ0n) is 13.2. The monoisotopic (exact) mass is 276 g/mol. The Kier molecular flexibility index (Phi) is 5.80. The average Bonchev–Trinajstić information content (AvgIpc) is 2.98. The molecule has 1 aliphatic heterocycles. The zero-order valence-corrected chi connectivity index (χ0v) is 13.2. The number of pyridine rings is 1. The van der Waals surface area contributed by atoms with E-state index in [1.54, 1.807) is 0 Å². The number of rotatable bonds is 7. The summed E-state index contributed by atoms with van der Waals surface area (Å²) in [5.41, 5.74) is 2.50. The Balaban J connectivity index is 1.99. The van der Waals surface area contributed by atoms with Gasteiger partial charge < -0.3 is 15.1 Å². The van der Waals surface area contributed by atoms with Gasteiger partial charge in [0.25, 0.3) is 0 Å². The smallest absolute Gasteiger partial charge is 0.128 e. The van der Waals surface area contributed by atoms with E-state index in [4.69, 9.17) is 4.98 Å². The first-order valence-electron chi connectivity index (χ1n) is 7.81. The second-order valence-electron chi connectivity index (χ2n) is 5.68. The first-order valence-corrected chi connectivity index (χ1v) is 7.81. The van der Waals surface area contributed by atoms with Crippen LogP contribution < -0.4 is 10.2 Å². The van der Waals surface area contributed by atoms with Gasteiger partial charge in [0, 0.05) is 32.4 Å². The van der Waals surface area contributed by atoms with E-state index >= 15 is 0 Å². The van der Waals surface area contributed by atoms with Crippen LogP contribution in [0.2, 0.25) is 0 Å². The molecule has 0 amide bonds. The van der Waals surface area contributed by atoms with Crippen LogP contribution in [0, 0.1) is 0 Å². The maximum atomic E-state index is 4.76. The zero-order chi connectivity index (χ0) is 14.4. The van der Waals surface area contributed by atoms with Gasteiger partial charge in [-0.25, -0.2) is 4.98 Å². The van der Waals surface area contributed by atoms with Crippen LogP contribution in [0.15, 0.2) is 12.1 Å². The van der Waals surface area contributed by atoms with Gasteiger partial charge in [-0.05, 0) is 57.1 Å². The standard InChI is InChI=1S/C16H28N4/c1-4-15-11-14(13-17-2)12-16(18-15)19(3)9-10-20-7-5-6-8-20/h11-12,17H,4-10,13H2,1-3H3. The fraction of sp³-hybridized carbons (Fsp3) is 0.688. The average molecular weight is 276 g/mol. The third-order valence-electron chi connectivity index (χ3n) is 4.01. The van der Waals surface area contributed by atoms with Gasteiger partial charge in [0.2, 0.25) is 0 Å². The number of likely N-dealkylation sites (N-methyl/N-ethyl adjacent to an activating group) is 1. The van der Waals surface area contributed by atoms with E-state index in [0.29, 0.717) is 0 Å². The van der Waals surface area contributed by atoms with Crippen LogP contribution >= 0.6 is 0 Å². The van der Waals surface area contributed by atoms with Gasteiger partial charge in [-0.15, -0.1) is 0 Å². The molecular formula is C16H28N4. The summed E-state index contributed by atoms with van der Waals surface area (Å²) in [5, 5.41) is 3.22.